The summed E-state index contributed by atoms with van der Waals surface area (Å²) in [4.78, 5) is 24.1. The Morgan fingerprint density at radius 3 is 2.62 bits per heavy atom. The molecule has 4 nitrogen and oxygen atoms in total. The van der Waals surface area contributed by atoms with Crippen molar-refractivity contribution in [2.24, 2.45) is 17.8 Å². The van der Waals surface area contributed by atoms with Crippen LogP contribution in [-0.2, 0) is 22.7 Å². The van der Waals surface area contributed by atoms with Gasteiger partial charge in [-0.05, 0) is 36.0 Å². The average Bonchev–Trinajstić information content (AvgIpc) is 3.11. The second-order valence-electron chi connectivity index (χ2n) is 6.14. The highest BCUT2D eigenvalue weighted by molar-refractivity contribution is 6.00. The summed E-state index contributed by atoms with van der Waals surface area (Å²) >= 11 is 0. The topological polar surface area (TPSA) is 63.6 Å². The van der Waals surface area contributed by atoms with E-state index in [1.165, 1.54) is 0 Å². The first kappa shape index (κ1) is 14.3. The first-order valence-electron chi connectivity index (χ1n) is 7.56. The second kappa shape index (κ2) is 5.60. The third-order valence-corrected chi connectivity index (χ3v) is 4.90. The molecule has 4 heteroatoms. The third-order valence-electron chi connectivity index (χ3n) is 4.90. The lowest BCUT2D eigenvalue weighted by molar-refractivity contribution is -0.142. The summed E-state index contributed by atoms with van der Waals surface area (Å²) in [5.74, 6) is -1.43. The van der Waals surface area contributed by atoms with Gasteiger partial charge in [0.1, 0.15) is 0 Å². The molecule has 0 radical (unpaired) electrons. The molecule has 0 bridgehead atoms. The fourth-order valence-corrected chi connectivity index (χ4v) is 3.58. The van der Waals surface area contributed by atoms with E-state index >= 15 is 0 Å². The zero-order chi connectivity index (χ0) is 15.0. The number of carboxylic acids is 1. The summed E-state index contributed by atoms with van der Waals surface area (Å²) in [6.07, 6.45) is 2.25. The molecule has 1 N–H and O–H groups in total. The molecule has 1 aliphatic carbocycles. The van der Waals surface area contributed by atoms with Gasteiger partial charge in [-0.15, -0.1) is 0 Å². The number of carbonyl (C=O) groups is 2. The number of fused-ring (bicyclic) bond motifs is 1. The summed E-state index contributed by atoms with van der Waals surface area (Å²) in [6.45, 7) is 3.20. The minimum atomic E-state index is -0.839. The van der Waals surface area contributed by atoms with Gasteiger partial charge in [0.25, 0.3) is 0 Å². The minimum Gasteiger partial charge on any atom is -0.481 e. The first-order valence-corrected chi connectivity index (χ1v) is 7.56. The lowest BCUT2D eigenvalue weighted by Gasteiger charge is -2.15. The Morgan fingerprint density at radius 2 is 1.90 bits per heavy atom. The Bertz CT molecular complexity index is 578. The van der Waals surface area contributed by atoms with E-state index in [-0.39, 0.29) is 11.7 Å². The van der Waals surface area contributed by atoms with Crippen LogP contribution in [0.15, 0.2) is 18.2 Å². The summed E-state index contributed by atoms with van der Waals surface area (Å²) in [5.41, 5.74) is 2.81. The predicted octanol–water partition coefficient (Wildman–Crippen LogP) is 3.04. The lowest BCUT2D eigenvalue weighted by atomic mass is 9.87. The summed E-state index contributed by atoms with van der Waals surface area (Å²) < 4.78 is 5.36. The molecule has 21 heavy (non-hydrogen) atoms. The minimum absolute atomic E-state index is 0.0203. The van der Waals surface area contributed by atoms with Gasteiger partial charge in [0, 0.05) is 11.5 Å². The second-order valence-corrected chi connectivity index (χ2v) is 6.14. The molecule has 0 amide bonds. The number of carbonyl (C=O) groups excluding carboxylic acids is 1. The van der Waals surface area contributed by atoms with Gasteiger partial charge in [-0.1, -0.05) is 25.5 Å². The van der Waals surface area contributed by atoms with Crippen LogP contribution in [0.5, 0.6) is 0 Å². The molecule has 0 spiro atoms. The van der Waals surface area contributed by atoms with E-state index in [1.807, 2.05) is 18.2 Å². The van der Waals surface area contributed by atoms with Crippen molar-refractivity contribution < 1.29 is 19.4 Å². The molecule has 3 atom stereocenters. The zero-order valence-electron chi connectivity index (χ0n) is 12.2. The van der Waals surface area contributed by atoms with Crippen molar-refractivity contribution in [2.75, 3.05) is 0 Å². The van der Waals surface area contributed by atoms with Crippen LogP contribution in [0.25, 0.3) is 0 Å². The lowest BCUT2D eigenvalue weighted by Crippen LogP contribution is -2.25. The maximum atomic E-state index is 12.7. The van der Waals surface area contributed by atoms with Gasteiger partial charge in [0.05, 0.1) is 19.1 Å². The molecule has 1 aromatic carbocycles. The van der Waals surface area contributed by atoms with Crippen molar-refractivity contribution in [3.8, 4) is 0 Å². The van der Waals surface area contributed by atoms with E-state index in [1.54, 1.807) is 0 Å². The van der Waals surface area contributed by atoms with Crippen LogP contribution < -0.4 is 0 Å². The first-order chi connectivity index (χ1) is 10.1. The highest BCUT2D eigenvalue weighted by Crippen LogP contribution is 2.40. The van der Waals surface area contributed by atoms with E-state index in [9.17, 15) is 14.7 Å². The van der Waals surface area contributed by atoms with E-state index < -0.39 is 11.9 Å². The summed E-state index contributed by atoms with van der Waals surface area (Å²) in [6, 6.07) is 5.62. The molecule has 3 unspecified atom stereocenters. The number of Topliss-reactive ketones (excluding diaryl/α,β-unsaturated/α-hetero) is 1. The Balaban J connectivity index is 1.85. The molecular formula is C17H20O4. The molecule has 0 saturated heterocycles. The van der Waals surface area contributed by atoms with Gasteiger partial charge in [0.2, 0.25) is 0 Å². The van der Waals surface area contributed by atoms with Gasteiger partial charge >= 0.3 is 5.97 Å². The third kappa shape index (κ3) is 2.60. The van der Waals surface area contributed by atoms with E-state index in [4.69, 9.17) is 4.74 Å². The predicted molar refractivity (Wildman–Crippen MR) is 76.9 cm³/mol. The highest BCUT2D eigenvalue weighted by atomic mass is 16.5. The molecule has 1 aromatic rings. The standard InChI is InChI=1S/C17H20O4/c1-2-10-5-14(15(6-10)17(19)20)16(18)11-3-4-12-8-21-9-13(12)7-11/h3-4,7,10,14-15H,2,5-6,8-9H2,1H3,(H,19,20). The van der Waals surface area contributed by atoms with Crippen LogP contribution in [0.2, 0.25) is 0 Å². The van der Waals surface area contributed by atoms with Crippen molar-refractivity contribution >= 4 is 11.8 Å². The number of carboxylic acid groups (broad SMARTS) is 1. The van der Waals surface area contributed by atoms with Crippen molar-refractivity contribution in [1.82, 2.24) is 0 Å². The van der Waals surface area contributed by atoms with Crippen LogP contribution in [0.3, 0.4) is 0 Å². The molecule has 2 aliphatic rings. The average molecular weight is 288 g/mol. The van der Waals surface area contributed by atoms with Crippen molar-refractivity contribution in [1.29, 1.82) is 0 Å². The highest BCUT2D eigenvalue weighted by Gasteiger charge is 2.42. The van der Waals surface area contributed by atoms with Crippen LogP contribution in [0, 0.1) is 17.8 Å². The Labute approximate surface area is 124 Å². The van der Waals surface area contributed by atoms with Crippen LogP contribution in [0.1, 0.15) is 47.7 Å². The van der Waals surface area contributed by atoms with Gasteiger partial charge in [-0.2, -0.15) is 0 Å². The number of benzene rings is 1. The summed E-state index contributed by atoms with van der Waals surface area (Å²) in [5, 5.41) is 9.38. The van der Waals surface area contributed by atoms with E-state index in [0.29, 0.717) is 37.5 Å². The summed E-state index contributed by atoms with van der Waals surface area (Å²) in [7, 11) is 0. The molecular weight excluding hydrogens is 268 g/mol. The Hall–Kier alpha value is -1.68. The number of ketones is 1. The number of hydrogen-bond acceptors (Lipinski definition) is 3. The molecule has 1 aliphatic heterocycles. The van der Waals surface area contributed by atoms with Gasteiger partial charge < -0.3 is 9.84 Å². The van der Waals surface area contributed by atoms with Crippen LogP contribution in [0.4, 0.5) is 0 Å². The molecule has 0 aromatic heterocycles. The maximum Gasteiger partial charge on any atom is 0.307 e. The molecule has 1 fully saturated rings. The fourth-order valence-electron chi connectivity index (χ4n) is 3.58. The Kier molecular flexibility index (Phi) is 3.81. The van der Waals surface area contributed by atoms with Gasteiger partial charge in [0.15, 0.2) is 5.78 Å². The van der Waals surface area contributed by atoms with Crippen molar-refractivity contribution in [3.05, 3.63) is 34.9 Å². The zero-order valence-corrected chi connectivity index (χ0v) is 12.2. The molecule has 112 valence electrons. The fraction of sp³-hybridized carbons (Fsp3) is 0.529. The molecule has 1 heterocycles. The van der Waals surface area contributed by atoms with Crippen molar-refractivity contribution in [2.45, 2.75) is 39.4 Å². The van der Waals surface area contributed by atoms with Crippen LogP contribution >= 0.6 is 0 Å². The molecule has 3 rings (SSSR count). The number of hydrogen-bond donors (Lipinski definition) is 1. The number of ether oxygens (including phenoxy) is 1. The Morgan fingerprint density at radius 1 is 1.19 bits per heavy atom. The van der Waals surface area contributed by atoms with E-state index in [2.05, 4.69) is 6.92 Å². The normalized spacial score (nSPS) is 27.6. The number of aliphatic carboxylic acids is 1. The largest absolute Gasteiger partial charge is 0.481 e. The van der Waals surface area contributed by atoms with Crippen molar-refractivity contribution in [3.63, 3.8) is 0 Å². The number of rotatable bonds is 4. The monoisotopic (exact) mass is 288 g/mol. The van der Waals surface area contributed by atoms with Crippen LogP contribution in [-0.4, -0.2) is 16.9 Å². The van der Waals surface area contributed by atoms with Gasteiger partial charge in [-0.3, -0.25) is 9.59 Å². The van der Waals surface area contributed by atoms with E-state index in [0.717, 1.165) is 17.5 Å². The SMILES string of the molecule is CCC1CC(C(=O)O)C(C(=O)c2ccc3c(c2)COC3)C1. The quantitative estimate of drug-likeness (QED) is 0.865. The van der Waals surface area contributed by atoms with Gasteiger partial charge in [-0.25, -0.2) is 0 Å². The molecule has 1 saturated carbocycles. The maximum absolute atomic E-state index is 12.7. The smallest absolute Gasteiger partial charge is 0.307 e.